The number of nitrogens with zero attached hydrogens (tertiary/aromatic N) is 2. The molecule has 0 radical (unpaired) electrons. The Hall–Kier alpha value is -3.57. The number of aromatic nitrogens is 1. The van der Waals surface area contributed by atoms with Crippen molar-refractivity contribution in [2.24, 2.45) is 0 Å². The molecular formula is C23H17ClN2O3. The molecule has 1 aromatic heterocycles. The van der Waals surface area contributed by atoms with Crippen LogP contribution in [0.3, 0.4) is 0 Å². The third-order valence-electron chi connectivity index (χ3n) is 4.73. The van der Waals surface area contributed by atoms with E-state index in [1.165, 1.54) is 0 Å². The molecule has 3 aromatic carbocycles. The topological polar surface area (TPSA) is 73.7 Å². The van der Waals surface area contributed by atoms with E-state index in [0.717, 1.165) is 5.39 Å². The highest BCUT2D eigenvalue weighted by Crippen LogP contribution is 2.37. The summed E-state index contributed by atoms with van der Waals surface area (Å²) in [5, 5.41) is 21.8. The molecule has 6 heteroatoms. The van der Waals surface area contributed by atoms with Gasteiger partial charge in [0, 0.05) is 17.1 Å². The summed E-state index contributed by atoms with van der Waals surface area (Å²) in [6.07, 6.45) is 1.62. The SMILES string of the molecule is O=C(O)c1ccccc1N(Cc1ccc2cccnc2c1O)c1ccccc1Cl. The van der Waals surface area contributed by atoms with Crippen molar-refractivity contribution in [1.29, 1.82) is 0 Å². The number of carboxylic acid groups (broad SMARTS) is 1. The largest absolute Gasteiger partial charge is 0.505 e. The van der Waals surface area contributed by atoms with Gasteiger partial charge in [0.25, 0.3) is 0 Å². The summed E-state index contributed by atoms with van der Waals surface area (Å²) in [6, 6.07) is 21.3. The molecule has 1 heterocycles. The van der Waals surface area contributed by atoms with E-state index >= 15 is 0 Å². The van der Waals surface area contributed by atoms with Crippen molar-refractivity contribution >= 4 is 39.8 Å². The number of hydrogen-bond acceptors (Lipinski definition) is 4. The summed E-state index contributed by atoms with van der Waals surface area (Å²) < 4.78 is 0. The Balaban J connectivity index is 1.88. The predicted molar refractivity (Wildman–Crippen MR) is 114 cm³/mol. The maximum Gasteiger partial charge on any atom is 0.337 e. The number of carbonyl (C=O) groups is 1. The Morgan fingerprint density at radius 1 is 0.931 bits per heavy atom. The number of benzene rings is 3. The summed E-state index contributed by atoms with van der Waals surface area (Å²) >= 11 is 6.44. The smallest absolute Gasteiger partial charge is 0.337 e. The maximum absolute atomic E-state index is 11.8. The third kappa shape index (κ3) is 3.60. The second kappa shape index (κ2) is 7.81. The fraction of sp³-hybridized carbons (Fsp3) is 0.0435. The van der Waals surface area contributed by atoms with Crippen LogP contribution in [0.4, 0.5) is 11.4 Å². The molecule has 0 aliphatic rings. The lowest BCUT2D eigenvalue weighted by molar-refractivity contribution is 0.0697. The highest BCUT2D eigenvalue weighted by atomic mass is 35.5. The van der Waals surface area contributed by atoms with Crippen molar-refractivity contribution < 1.29 is 15.0 Å². The summed E-state index contributed by atoms with van der Waals surface area (Å²) in [5.41, 5.74) is 2.37. The van der Waals surface area contributed by atoms with Gasteiger partial charge in [-0.3, -0.25) is 4.98 Å². The Labute approximate surface area is 172 Å². The zero-order valence-corrected chi connectivity index (χ0v) is 16.0. The number of anilines is 2. The number of fused-ring (bicyclic) bond motifs is 1. The third-order valence-corrected chi connectivity index (χ3v) is 5.05. The number of pyridine rings is 1. The molecule has 0 atom stereocenters. The second-order valence-corrected chi connectivity index (χ2v) is 6.92. The molecule has 4 aromatic rings. The molecular weight excluding hydrogens is 388 g/mol. The van der Waals surface area contributed by atoms with Crippen LogP contribution in [-0.4, -0.2) is 21.2 Å². The molecule has 0 saturated carbocycles. The van der Waals surface area contributed by atoms with E-state index in [0.29, 0.717) is 27.5 Å². The van der Waals surface area contributed by atoms with Gasteiger partial charge in [-0.15, -0.1) is 0 Å². The number of halogens is 1. The number of phenols is 1. The number of aromatic hydroxyl groups is 1. The van der Waals surface area contributed by atoms with E-state index in [9.17, 15) is 15.0 Å². The molecule has 144 valence electrons. The van der Waals surface area contributed by atoms with Crippen molar-refractivity contribution in [1.82, 2.24) is 4.98 Å². The van der Waals surface area contributed by atoms with Gasteiger partial charge >= 0.3 is 5.97 Å². The fourth-order valence-electron chi connectivity index (χ4n) is 3.33. The molecule has 0 spiro atoms. The van der Waals surface area contributed by atoms with Crippen molar-refractivity contribution in [3.63, 3.8) is 0 Å². The molecule has 0 aliphatic heterocycles. The zero-order chi connectivity index (χ0) is 20.4. The highest BCUT2D eigenvalue weighted by molar-refractivity contribution is 6.33. The first-order valence-corrected chi connectivity index (χ1v) is 9.34. The number of rotatable bonds is 5. The van der Waals surface area contributed by atoms with E-state index in [4.69, 9.17) is 11.6 Å². The van der Waals surface area contributed by atoms with Gasteiger partial charge in [0.2, 0.25) is 0 Å². The Kier molecular flexibility index (Phi) is 5.06. The number of aromatic carboxylic acids is 1. The van der Waals surface area contributed by atoms with Gasteiger partial charge in [-0.2, -0.15) is 0 Å². The summed E-state index contributed by atoms with van der Waals surface area (Å²) in [6.45, 7) is 0.215. The van der Waals surface area contributed by atoms with Crippen molar-refractivity contribution in [2.45, 2.75) is 6.54 Å². The second-order valence-electron chi connectivity index (χ2n) is 6.51. The van der Waals surface area contributed by atoms with Crippen LogP contribution in [0.2, 0.25) is 5.02 Å². The summed E-state index contributed by atoms with van der Waals surface area (Å²) in [4.78, 5) is 17.9. The first-order valence-electron chi connectivity index (χ1n) is 8.96. The quantitative estimate of drug-likeness (QED) is 0.451. The van der Waals surface area contributed by atoms with Gasteiger partial charge in [0.1, 0.15) is 11.3 Å². The fourth-order valence-corrected chi connectivity index (χ4v) is 3.57. The van der Waals surface area contributed by atoms with Gasteiger partial charge in [-0.05, 0) is 30.3 Å². The lowest BCUT2D eigenvalue weighted by atomic mass is 10.1. The number of carboxylic acids is 1. The van der Waals surface area contributed by atoms with Crippen LogP contribution in [0.15, 0.2) is 79.0 Å². The van der Waals surface area contributed by atoms with E-state index in [2.05, 4.69) is 4.98 Å². The minimum atomic E-state index is -1.04. The van der Waals surface area contributed by atoms with Crippen molar-refractivity contribution in [3.8, 4) is 5.75 Å². The van der Waals surface area contributed by atoms with Crippen LogP contribution < -0.4 is 4.90 Å². The van der Waals surface area contributed by atoms with Gasteiger partial charge in [0.05, 0.1) is 28.5 Å². The molecule has 0 aliphatic carbocycles. The van der Waals surface area contributed by atoms with E-state index < -0.39 is 5.97 Å². The Morgan fingerprint density at radius 2 is 1.66 bits per heavy atom. The average molecular weight is 405 g/mol. The monoisotopic (exact) mass is 404 g/mol. The molecule has 0 bridgehead atoms. The summed E-state index contributed by atoms with van der Waals surface area (Å²) in [7, 11) is 0. The minimum absolute atomic E-state index is 0.0629. The molecule has 0 amide bonds. The lowest BCUT2D eigenvalue weighted by Crippen LogP contribution is -2.20. The van der Waals surface area contributed by atoms with Gasteiger partial charge in [-0.25, -0.2) is 4.79 Å². The molecule has 0 saturated heterocycles. The van der Waals surface area contributed by atoms with Crippen LogP contribution in [0.1, 0.15) is 15.9 Å². The van der Waals surface area contributed by atoms with E-state index in [1.54, 1.807) is 47.5 Å². The standard InChI is InChI=1S/C23H17ClN2O3/c24-18-8-2-4-10-20(18)26(19-9-3-1-7-17(19)23(28)29)14-16-12-11-15-6-5-13-25-21(15)22(16)27/h1-13,27H,14H2,(H,28,29). The van der Waals surface area contributed by atoms with Crippen LogP contribution in [0, 0.1) is 0 Å². The highest BCUT2D eigenvalue weighted by Gasteiger charge is 2.21. The number of para-hydroxylation sites is 2. The van der Waals surface area contributed by atoms with Gasteiger partial charge < -0.3 is 15.1 Å². The van der Waals surface area contributed by atoms with Crippen LogP contribution >= 0.6 is 11.6 Å². The normalized spacial score (nSPS) is 10.8. The van der Waals surface area contributed by atoms with Crippen LogP contribution in [-0.2, 0) is 6.54 Å². The Bertz CT molecular complexity index is 1210. The lowest BCUT2D eigenvalue weighted by Gasteiger charge is -2.28. The maximum atomic E-state index is 11.8. The predicted octanol–water partition coefficient (Wildman–Crippen LogP) is 5.63. The van der Waals surface area contributed by atoms with Gasteiger partial charge in [0.15, 0.2) is 0 Å². The van der Waals surface area contributed by atoms with E-state index in [-0.39, 0.29) is 17.9 Å². The van der Waals surface area contributed by atoms with Gasteiger partial charge in [-0.1, -0.05) is 54.1 Å². The first kappa shape index (κ1) is 18.8. The first-order chi connectivity index (χ1) is 14.1. The molecule has 0 unspecified atom stereocenters. The zero-order valence-electron chi connectivity index (χ0n) is 15.3. The van der Waals surface area contributed by atoms with Crippen molar-refractivity contribution in [3.05, 3.63) is 95.1 Å². The van der Waals surface area contributed by atoms with E-state index in [1.807, 2.05) is 36.4 Å². The molecule has 0 fully saturated rings. The number of phenolic OH excluding ortho intramolecular Hbond substituents is 1. The number of hydrogen-bond donors (Lipinski definition) is 2. The molecule has 29 heavy (non-hydrogen) atoms. The van der Waals surface area contributed by atoms with Crippen LogP contribution in [0.5, 0.6) is 5.75 Å². The van der Waals surface area contributed by atoms with Crippen molar-refractivity contribution in [2.75, 3.05) is 4.90 Å². The minimum Gasteiger partial charge on any atom is -0.505 e. The summed E-state index contributed by atoms with van der Waals surface area (Å²) in [5.74, 6) is -0.977. The Morgan fingerprint density at radius 3 is 2.41 bits per heavy atom. The molecule has 2 N–H and O–H groups in total. The molecule has 4 rings (SSSR count). The average Bonchev–Trinajstić information content (AvgIpc) is 2.74. The van der Waals surface area contributed by atoms with Crippen LogP contribution in [0.25, 0.3) is 10.9 Å². The molecule has 5 nitrogen and oxygen atoms in total.